The van der Waals surface area contributed by atoms with Gasteiger partial charge in [0.25, 0.3) is 0 Å². The Hall–Kier alpha value is -1.07. The van der Waals surface area contributed by atoms with Crippen molar-refractivity contribution in [3.05, 3.63) is 45.3 Å². The number of nitrogens with two attached hydrogens (primary N) is 1. The Morgan fingerprint density at radius 3 is 2.81 bits per heavy atom. The van der Waals surface area contributed by atoms with Crippen LogP contribution in [0.15, 0.2) is 28.9 Å². The minimum Gasteiger partial charge on any atom is -0.383 e. The molecule has 1 aromatic carbocycles. The second-order valence-electron chi connectivity index (χ2n) is 3.27. The van der Waals surface area contributed by atoms with Gasteiger partial charge in [-0.3, -0.25) is 0 Å². The fourth-order valence-electron chi connectivity index (χ4n) is 1.31. The molecule has 6 heteroatoms. The van der Waals surface area contributed by atoms with Gasteiger partial charge in [0.05, 0.1) is 12.7 Å². The van der Waals surface area contributed by atoms with Crippen molar-refractivity contribution in [2.75, 3.05) is 5.73 Å². The Kier molecular flexibility index (Phi) is 3.16. The third-order valence-corrected chi connectivity index (χ3v) is 2.95. The Labute approximate surface area is 105 Å². The molecule has 0 amide bonds. The zero-order valence-corrected chi connectivity index (χ0v) is 10.5. The molecule has 2 rings (SSSR count). The molecule has 84 valence electrons. The van der Waals surface area contributed by atoms with Gasteiger partial charge in [0, 0.05) is 10.0 Å². The van der Waals surface area contributed by atoms with Gasteiger partial charge in [-0.25, -0.2) is 9.07 Å². The van der Waals surface area contributed by atoms with E-state index in [4.69, 9.17) is 17.3 Å². The summed E-state index contributed by atoms with van der Waals surface area (Å²) < 4.78 is 15.7. The molecule has 0 saturated carbocycles. The minimum atomic E-state index is -0.305. The van der Waals surface area contributed by atoms with Crippen LogP contribution in [0.5, 0.6) is 0 Å². The van der Waals surface area contributed by atoms with Gasteiger partial charge >= 0.3 is 0 Å². The molecule has 0 radical (unpaired) electrons. The van der Waals surface area contributed by atoms with E-state index in [1.165, 1.54) is 16.9 Å². The molecule has 0 aliphatic heterocycles. The summed E-state index contributed by atoms with van der Waals surface area (Å²) in [5, 5.41) is 4.33. The fraction of sp³-hybridized carbons (Fsp3) is 0.100. The van der Waals surface area contributed by atoms with Crippen LogP contribution in [0.4, 0.5) is 10.2 Å². The minimum absolute atomic E-state index is 0.262. The summed E-state index contributed by atoms with van der Waals surface area (Å²) in [6.45, 7) is 0.262. The van der Waals surface area contributed by atoms with Gasteiger partial charge in [0.1, 0.15) is 16.7 Å². The summed E-state index contributed by atoms with van der Waals surface area (Å²) in [6, 6.07) is 4.84. The summed E-state index contributed by atoms with van der Waals surface area (Å²) >= 11 is 8.94. The molecule has 0 fully saturated rings. The van der Waals surface area contributed by atoms with Gasteiger partial charge in [-0.05, 0) is 12.1 Å². The van der Waals surface area contributed by atoms with Crippen LogP contribution in [0.25, 0.3) is 0 Å². The first-order valence-electron chi connectivity index (χ1n) is 4.48. The Morgan fingerprint density at radius 1 is 1.50 bits per heavy atom. The number of nitrogens with zero attached hydrogens (tertiary/aromatic N) is 2. The second-order valence-corrected chi connectivity index (χ2v) is 4.59. The molecule has 2 N–H and O–H groups in total. The van der Waals surface area contributed by atoms with E-state index in [2.05, 4.69) is 21.0 Å². The first-order valence-corrected chi connectivity index (χ1v) is 5.65. The van der Waals surface area contributed by atoms with Crippen molar-refractivity contribution < 1.29 is 4.39 Å². The number of hydrogen-bond acceptors (Lipinski definition) is 2. The summed E-state index contributed by atoms with van der Waals surface area (Å²) in [4.78, 5) is 0. The van der Waals surface area contributed by atoms with Gasteiger partial charge < -0.3 is 5.73 Å². The highest BCUT2D eigenvalue weighted by molar-refractivity contribution is 9.10. The zero-order chi connectivity index (χ0) is 11.7. The van der Waals surface area contributed by atoms with Crippen molar-refractivity contribution >= 4 is 33.3 Å². The highest BCUT2D eigenvalue weighted by Crippen LogP contribution is 2.20. The number of benzene rings is 1. The molecular weight excluding hydrogens is 296 g/mol. The third-order valence-electron chi connectivity index (χ3n) is 2.17. The van der Waals surface area contributed by atoms with Crippen molar-refractivity contribution in [1.29, 1.82) is 0 Å². The lowest BCUT2D eigenvalue weighted by molar-refractivity contribution is 0.587. The number of anilines is 1. The molecule has 3 nitrogen and oxygen atoms in total. The van der Waals surface area contributed by atoms with E-state index in [0.29, 0.717) is 20.9 Å². The Morgan fingerprint density at radius 2 is 2.25 bits per heavy atom. The van der Waals surface area contributed by atoms with Crippen molar-refractivity contribution in [3.63, 3.8) is 0 Å². The monoisotopic (exact) mass is 303 g/mol. The molecule has 0 saturated heterocycles. The maximum atomic E-state index is 13.5. The average molecular weight is 305 g/mol. The fourth-order valence-corrected chi connectivity index (χ4v) is 1.78. The topological polar surface area (TPSA) is 43.8 Å². The zero-order valence-electron chi connectivity index (χ0n) is 8.12. The summed E-state index contributed by atoms with van der Waals surface area (Å²) in [5.74, 6) is 0.0318. The van der Waals surface area contributed by atoms with Gasteiger partial charge in [0.15, 0.2) is 0 Å². The number of aromatic nitrogens is 2. The number of halogens is 3. The van der Waals surface area contributed by atoms with Crippen molar-refractivity contribution in [3.8, 4) is 0 Å². The molecular formula is C10H8BrClFN3. The van der Waals surface area contributed by atoms with Crippen LogP contribution in [0.1, 0.15) is 5.56 Å². The molecule has 1 heterocycles. The van der Waals surface area contributed by atoms with E-state index in [1.807, 2.05) is 0 Å². The Bertz CT molecular complexity index is 527. The number of hydrogen-bond donors (Lipinski definition) is 1. The van der Waals surface area contributed by atoms with Crippen LogP contribution >= 0.6 is 27.5 Å². The Balaban J connectivity index is 2.30. The van der Waals surface area contributed by atoms with Gasteiger partial charge in [-0.2, -0.15) is 5.10 Å². The van der Waals surface area contributed by atoms with Crippen molar-refractivity contribution in [1.82, 2.24) is 9.78 Å². The van der Waals surface area contributed by atoms with Gasteiger partial charge in [-0.15, -0.1) is 0 Å². The van der Waals surface area contributed by atoms with E-state index in [9.17, 15) is 4.39 Å². The van der Waals surface area contributed by atoms with Crippen LogP contribution < -0.4 is 5.73 Å². The molecule has 0 bridgehead atoms. The predicted molar refractivity (Wildman–Crippen MR) is 64.9 cm³/mol. The van der Waals surface area contributed by atoms with Crippen LogP contribution in [-0.2, 0) is 6.54 Å². The number of nitrogen functional groups attached to an aromatic ring is 1. The SMILES string of the molecule is Nc1c(Cl)cnn1Cc1ccc(Br)cc1F. The maximum absolute atomic E-state index is 13.5. The standard InChI is InChI=1S/C10H8BrClFN3/c11-7-2-1-6(9(13)3-7)5-16-10(14)8(12)4-15-16/h1-4H,5,14H2. The first kappa shape index (κ1) is 11.4. The van der Waals surface area contributed by atoms with Crippen LogP contribution in [0.3, 0.4) is 0 Å². The lowest BCUT2D eigenvalue weighted by Crippen LogP contribution is -2.07. The largest absolute Gasteiger partial charge is 0.383 e. The molecule has 0 spiro atoms. The molecule has 0 aliphatic carbocycles. The smallest absolute Gasteiger partial charge is 0.140 e. The van der Waals surface area contributed by atoms with E-state index in [0.717, 1.165) is 0 Å². The summed E-state index contributed by atoms with van der Waals surface area (Å²) in [7, 11) is 0. The molecule has 16 heavy (non-hydrogen) atoms. The average Bonchev–Trinajstić information content (AvgIpc) is 2.54. The number of rotatable bonds is 2. The van der Waals surface area contributed by atoms with Crippen LogP contribution in [0, 0.1) is 5.82 Å². The maximum Gasteiger partial charge on any atom is 0.140 e. The third kappa shape index (κ3) is 2.20. The molecule has 2 aromatic rings. The van der Waals surface area contributed by atoms with E-state index < -0.39 is 0 Å². The van der Waals surface area contributed by atoms with Gasteiger partial charge in [-0.1, -0.05) is 33.6 Å². The quantitative estimate of drug-likeness (QED) is 0.926. The lowest BCUT2D eigenvalue weighted by atomic mass is 10.2. The van der Waals surface area contributed by atoms with E-state index in [1.54, 1.807) is 12.1 Å². The predicted octanol–water partition coefficient (Wildman–Crippen LogP) is 3.07. The molecule has 1 aromatic heterocycles. The summed E-state index contributed by atoms with van der Waals surface area (Å²) in [6.07, 6.45) is 1.44. The highest BCUT2D eigenvalue weighted by atomic mass is 79.9. The van der Waals surface area contributed by atoms with Crippen LogP contribution in [-0.4, -0.2) is 9.78 Å². The second kappa shape index (κ2) is 4.43. The summed E-state index contributed by atoms with van der Waals surface area (Å²) in [5.41, 5.74) is 6.18. The van der Waals surface area contributed by atoms with Gasteiger partial charge in [0.2, 0.25) is 0 Å². The lowest BCUT2D eigenvalue weighted by Gasteiger charge is -2.06. The molecule has 0 atom stereocenters. The highest BCUT2D eigenvalue weighted by Gasteiger charge is 2.08. The van der Waals surface area contributed by atoms with E-state index >= 15 is 0 Å². The van der Waals surface area contributed by atoms with Crippen molar-refractivity contribution in [2.45, 2.75) is 6.54 Å². The van der Waals surface area contributed by atoms with Crippen molar-refractivity contribution in [2.24, 2.45) is 0 Å². The van der Waals surface area contributed by atoms with E-state index in [-0.39, 0.29) is 12.4 Å². The molecule has 0 unspecified atom stereocenters. The van der Waals surface area contributed by atoms with Crippen LogP contribution in [0.2, 0.25) is 5.02 Å². The molecule has 0 aliphatic rings. The first-order chi connectivity index (χ1) is 7.58. The normalized spacial score (nSPS) is 10.7.